The Bertz CT molecular complexity index is 3260. The molecule has 0 aliphatic carbocycles. The molecule has 1 aromatic heterocycles. The topological polar surface area (TPSA) is 41.9 Å². The Morgan fingerprint density at radius 2 is 0.662 bits per heavy atom. The summed E-state index contributed by atoms with van der Waals surface area (Å²) >= 11 is 0. The maximum atomic E-state index is 5.35. The lowest BCUT2D eigenvalue weighted by molar-refractivity contribution is 0.919. The van der Waals surface area contributed by atoms with E-state index in [1.54, 1.807) is 0 Å². The van der Waals surface area contributed by atoms with Gasteiger partial charge in [-0.1, -0.05) is 199 Å². The Labute approximate surface area is 401 Å². The molecule has 9 aromatic carbocycles. The molecule has 0 unspecified atom stereocenters. The Kier molecular flexibility index (Phi) is 12.2. The number of aromatic nitrogens is 3. The number of hydrogen-bond acceptors (Lipinski definition) is 4. The summed E-state index contributed by atoms with van der Waals surface area (Å²) < 4.78 is 0. The molecule has 68 heavy (non-hydrogen) atoms. The van der Waals surface area contributed by atoms with Gasteiger partial charge in [-0.25, -0.2) is 4.98 Å². The molecule has 0 saturated carbocycles. The van der Waals surface area contributed by atoms with E-state index in [-0.39, 0.29) is 5.92 Å². The summed E-state index contributed by atoms with van der Waals surface area (Å²) in [7, 11) is 0. The van der Waals surface area contributed by atoms with Crippen molar-refractivity contribution in [3.8, 4) is 56.2 Å². The van der Waals surface area contributed by atoms with E-state index in [0.29, 0.717) is 17.6 Å². The second-order valence-corrected chi connectivity index (χ2v) is 18.0. The van der Waals surface area contributed by atoms with Crippen LogP contribution in [0.3, 0.4) is 0 Å². The van der Waals surface area contributed by atoms with Crippen molar-refractivity contribution >= 4 is 17.3 Å². The Morgan fingerprint density at radius 3 is 1.13 bits per heavy atom. The lowest BCUT2D eigenvalue weighted by atomic mass is 9.77. The van der Waals surface area contributed by atoms with Crippen molar-refractivity contribution in [1.82, 2.24) is 15.0 Å². The molecule has 0 aliphatic heterocycles. The normalized spacial score (nSPS) is 11.2. The molecule has 10 rings (SSSR count). The zero-order chi connectivity index (χ0) is 46.7. The fourth-order valence-corrected chi connectivity index (χ4v) is 10.1. The Hall–Kier alpha value is -8.21. The van der Waals surface area contributed by atoms with Crippen LogP contribution in [0.15, 0.2) is 212 Å². The van der Waals surface area contributed by atoms with Crippen molar-refractivity contribution in [1.29, 1.82) is 0 Å². The van der Waals surface area contributed by atoms with Crippen molar-refractivity contribution in [2.75, 3.05) is 4.90 Å². The van der Waals surface area contributed by atoms with E-state index in [1.165, 1.54) is 66.8 Å². The summed E-state index contributed by atoms with van der Waals surface area (Å²) in [5.41, 5.74) is 22.4. The molecule has 330 valence electrons. The molecule has 0 aliphatic rings. The molecule has 10 aromatic rings. The first-order valence-electron chi connectivity index (χ1n) is 23.5. The number of aryl methyl sites for hydroxylation is 6. The third kappa shape index (κ3) is 8.89. The van der Waals surface area contributed by atoms with Crippen molar-refractivity contribution in [3.05, 3.63) is 262 Å². The van der Waals surface area contributed by atoms with Gasteiger partial charge in [-0.2, -0.15) is 9.97 Å². The number of nitrogens with zero attached hydrogens (tertiary/aromatic N) is 4. The number of rotatable bonds is 11. The molecule has 0 atom stereocenters. The Morgan fingerprint density at radius 1 is 0.324 bits per heavy atom. The number of anilines is 3. The van der Waals surface area contributed by atoms with E-state index in [2.05, 4.69) is 241 Å². The van der Waals surface area contributed by atoms with E-state index >= 15 is 0 Å². The summed E-state index contributed by atoms with van der Waals surface area (Å²) in [6, 6.07) is 75.5. The van der Waals surface area contributed by atoms with Crippen molar-refractivity contribution in [2.24, 2.45) is 0 Å². The fraction of sp³-hybridized carbons (Fsp3) is 0.109. The molecule has 0 saturated heterocycles. The van der Waals surface area contributed by atoms with Gasteiger partial charge in [0.2, 0.25) is 5.95 Å². The van der Waals surface area contributed by atoms with Gasteiger partial charge in [0.05, 0.1) is 0 Å². The molecule has 0 fully saturated rings. The van der Waals surface area contributed by atoms with Gasteiger partial charge in [0, 0.05) is 28.4 Å². The van der Waals surface area contributed by atoms with Crippen molar-refractivity contribution in [3.63, 3.8) is 0 Å². The summed E-state index contributed by atoms with van der Waals surface area (Å²) in [4.78, 5) is 18.0. The van der Waals surface area contributed by atoms with Crippen LogP contribution < -0.4 is 4.90 Å². The monoisotopic (exact) mass is 878 g/mol. The van der Waals surface area contributed by atoms with Gasteiger partial charge < -0.3 is 0 Å². The molecule has 0 spiro atoms. The molecule has 0 N–H and O–H groups in total. The van der Waals surface area contributed by atoms with Crippen LogP contribution in [-0.4, -0.2) is 15.0 Å². The molecule has 0 amide bonds. The second kappa shape index (κ2) is 18.9. The highest BCUT2D eigenvalue weighted by atomic mass is 15.3. The third-order valence-electron chi connectivity index (χ3n) is 13.1. The second-order valence-electron chi connectivity index (χ2n) is 18.0. The third-order valence-corrected chi connectivity index (χ3v) is 13.1. The lowest BCUT2D eigenvalue weighted by Crippen LogP contribution is -2.16. The molecule has 1 heterocycles. The zero-order valence-electron chi connectivity index (χ0n) is 39.6. The zero-order valence-corrected chi connectivity index (χ0v) is 39.6. The van der Waals surface area contributed by atoms with Crippen LogP contribution in [0.1, 0.15) is 56.0 Å². The maximum Gasteiger partial charge on any atom is 0.238 e. The molecule has 4 nitrogen and oxygen atoms in total. The minimum atomic E-state index is 0.0416. The summed E-state index contributed by atoms with van der Waals surface area (Å²) in [5, 5.41) is 0. The van der Waals surface area contributed by atoms with Crippen LogP contribution in [0.25, 0.3) is 56.2 Å². The van der Waals surface area contributed by atoms with Gasteiger partial charge >= 0.3 is 0 Å². The smallest absolute Gasteiger partial charge is 0.238 e. The summed E-state index contributed by atoms with van der Waals surface area (Å²) in [6.07, 6.45) is 0. The van der Waals surface area contributed by atoms with Crippen LogP contribution in [-0.2, 0) is 0 Å². The SMILES string of the molecule is Cc1cc(C)c(C(c2ccc(N(c3ccc(-c4ccccc4)cc3)c3nc(-c4ccccc4)nc(-c4ccc(-c5ccccc5-c5ccccc5)cc4)n3)cc2)c2c(C)cc(C)cc2C)c(C)c1. The minimum Gasteiger partial charge on any atom is -0.279 e. The first-order chi connectivity index (χ1) is 33.2. The Balaban J connectivity index is 1.12. The lowest BCUT2D eigenvalue weighted by Gasteiger charge is -2.28. The fourth-order valence-electron chi connectivity index (χ4n) is 10.1. The highest BCUT2D eigenvalue weighted by Gasteiger charge is 2.26. The van der Waals surface area contributed by atoms with E-state index in [0.717, 1.165) is 39.2 Å². The van der Waals surface area contributed by atoms with E-state index in [4.69, 9.17) is 15.0 Å². The van der Waals surface area contributed by atoms with E-state index < -0.39 is 0 Å². The van der Waals surface area contributed by atoms with Gasteiger partial charge in [0.25, 0.3) is 0 Å². The molecule has 4 heteroatoms. The van der Waals surface area contributed by atoms with Crippen molar-refractivity contribution in [2.45, 2.75) is 47.5 Å². The highest BCUT2D eigenvalue weighted by molar-refractivity contribution is 5.84. The predicted molar refractivity (Wildman–Crippen MR) is 284 cm³/mol. The van der Waals surface area contributed by atoms with Crippen LogP contribution >= 0.6 is 0 Å². The first kappa shape index (κ1) is 43.7. The first-order valence-corrected chi connectivity index (χ1v) is 23.5. The number of benzene rings is 9. The predicted octanol–water partition coefficient (Wildman–Crippen LogP) is 16.7. The molecular weight excluding hydrogens is 825 g/mol. The highest BCUT2D eigenvalue weighted by Crippen LogP contribution is 2.42. The largest absolute Gasteiger partial charge is 0.279 e. The number of hydrogen-bond donors (Lipinski definition) is 0. The van der Waals surface area contributed by atoms with Crippen LogP contribution in [0.2, 0.25) is 0 Å². The molecule has 0 bridgehead atoms. The van der Waals surface area contributed by atoms with Gasteiger partial charge in [0.1, 0.15) is 0 Å². The van der Waals surface area contributed by atoms with Crippen LogP contribution in [0.5, 0.6) is 0 Å². The summed E-state index contributed by atoms with van der Waals surface area (Å²) in [6.45, 7) is 13.4. The van der Waals surface area contributed by atoms with E-state index in [9.17, 15) is 0 Å². The standard InChI is InChI=1S/C64H54N4/c1-42-38-44(3)59(45(4)39-42)61(60-46(5)40-43(2)41-47(60)6)52-32-36-56(37-33-52)68(55-34-30-49(31-35-55)48-18-10-7-11-19-48)64-66-62(53-22-14-9-15-23-53)65-63(67-64)54-28-26-51(27-29-54)58-25-17-16-24-57(58)50-20-12-8-13-21-50/h7-41,61H,1-6H3. The van der Waals surface area contributed by atoms with E-state index in [1.807, 2.05) is 18.2 Å². The van der Waals surface area contributed by atoms with Crippen LogP contribution in [0.4, 0.5) is 17.3 Å². The van der Waals surface area contributed by atoms with Gasteiger partial charge in [-0.15, -0.1) is 0 Å². The van der Waals surface area contributed by atoms with Gasteiger partial charge in [0.15, 0.2) is 11.6 Å². The average Bonchev–Trinajstić information content (AvgIpc) is 3.37. The maximum absolute atomic E-state index is 5.35. The minimum absolute atomic E-state index is 0.0416. The molecular formula is C64H54N4. The van der Waals surface area contributed by atoms with Gasteiger partial charge in [-0.05, 0) is 138 Å². The quantitative estimate of drug-likeness (QED) is 0.121. The summed E-state index contributed by atoms with van der Waals surface area (Å²) in [5.74, 6) is 1.76. The molecule has 0 radical (unpaired) electrons. The van der Waals surface area contributed by atoms with Crippen molar-refractivity contribution < 1.29 is 0 Å². The average molecular weight is 879 g/mol. The van der Waals surface area contributed by atoms with Crippen LogP contribution in [0, 0.1) is 41.5 Å². The van der Waals surface area contributed by atoms with Gasteiger partial charge in [-0.3, -0.25) is 4.90 Å².